The van der Waals surface area contributed by atoms with Gasteiger partial charge in [0.25, 0.3) is 0 Å². The van der Waals surface area contributed by atoms with E-state index in [1.807, 2.05) is 36.4 Å². The average Bonchev–Trinajstić information content (AvgIpc) is 3.30. The molecule has 0 amide bonds. The summed E-state index contributed by atoms with van der Waals surface area (Å²) in [6, 6.07) is 53.9. The van der Waals surface area contributed by atoms with Crippen molar-refractivity contribution in [2.75, 3.05) is 9.80 Å². The molecule has 4 nitrogen and oxygen atoms in total. The smallest absolute Gasteiger partial charge is 0.0880 e. The van der Waals surface area contributed by atoms with Gasteiger partial charge in [-0.3, -0.25) is 0 Å². The lowest BCUT2D eigenvalue weighted by molar-refractivity contribution is 0.213. The zero-order valence-corrected chi connectivity index (χ0v) is 21.8. The van der Waals surface area contributed by atoms with Gasteiger partial charge in [-0.05, 0) is 84.9 Å². The molecule has 4 heteroatoms. The largest absolute Gasteiger partial charge is 0.428 e. The van der Waals surface area contributed by atoms with Crippen molar-refractivity contribution in [1.29, 1.82) is 0 Å². The number of aromatic nitrogens is 1. The van der Waals surface area contributed by atoms with Crippen LogP contribution in [0.3, 0.4) is 0 Å². The third kappa shape index (κ3) is 4.12. The van der Waals surface area contributed by atoms with Crippen LogP contribution in [0.15, 0.2) is 158 Å². The molecular formula is C36H27N3O. The summed E-state index contributed by atoms with van der Waals surface area (Å²) in [5.41, 5.74) is 7.85. The van der Waals surface area contributed by atoms with Crippen LogP contribution in [0, 0.1) is 0 Å². The van der Waals surface area contributed by atoms with Crippen LogP contribution in [0.4, 0.5) is 34.1 Å². The maximum absolute atomic E-state index is 11.2. The van der Waals surface area contributed by atoms with E-state index in [0.717, 1.165) is 55.9 Å². The van der Waals surface area contributed by atoms with Gasteiger partial charge >= 0.3 is 0 Å². The highest BCUT2D eigenvalue weighted by atomic mass is 16.5. The minimum Gasteiger partial charge on any atom is -0.428 e. The average molecular weight is 518 g/mol. The van der Waals surface area contributed by atoms with E-state index >= 15 is 0 Å². The van der Waals surface area contributed by atoms with Crippen molar-refractivity contribution in [3.63, 3.8) is 0 Å². The Bertz CT molecular complexity index is 1680. The molecule has 0 aliphatic rings. The normalized spacial score (nSPS) is 11.1. The summed E-state index contributed by atoms with van der Waals surface area (Å²) < 4.78 is 1.29. The lowest BCUT2D eigenvalue weighted by Gasteiger charge is -2.26. The first kappa shape index (κ1) is 23.6. The highest BCUT2D eigenvalue weighted by molar-refractivity contribution is 6.10. The molecule has 1 heterocycles. The van der Waals surface area contributed by atoms with Gasteiger partial charge in [0.15, 0.2) is 0 Å². The van der Waals surface area contributed by atoms with Crippen LogP contribution >= 0.6 is 0 Å². The molecule has 0 aliphatic carbocycles. The third-order valence-electron chi connectivity index (χ3n) is 7.28. The molecule has 0 bridgehead atoms. The maximum atomic E-state index is 11.2. The second-order valence-electron chi connectivity index (χ2n) is 9.73. The van der Waals surface area contributed by atoms with Crippen LogP contribution in [0.1, 0.15) is 0 Å². The zero-order chi connectivity index (χ0) is 26.9. The molecule has 0 atom stereocenters. The van der Waals surface area contributed by atoms with Crippen LogP contribution in [-0.4, -0.2) is 9.94 Å². The summed E-state index contributed by atoms with van der Waals surface area (Å²) >= 11 is 0. The second kappa shape index (κ2) is 10.0. The molecule has 0 spiro atoms. The fourth-order valence-corrected chi connectivity index (χ4v) is 5.46. The van der Waals surface area contributed by atoms with Crippen LogP contribution in [-0.2, 0) is 0 Å². The van der Waals surface area contributed by atoms with Gasteiger partial charge in [-0.2, -0.15) is 4.73 Å². The molecule has 0 fully saturated rings. The Kier molecular flexibility index (Phi) is 5.91. The quantitative estimate of drug-likeness (QED) is 0.223. The van der Waals surface area contributed by atoms with Gasteiger partial charge in [0.1, 0.15) is 0 Å². The highest BCUT2D eigenvalue weighted by Crippen LogP contribution is 2.41. The van der Waals surface area contributed by atoms with E-state index in [9.17, 15) is 5.21 Å². The SMILES string of the molecule is On1c2ccc(N(c3ccccc3)c3ccccc3)cc2c2cc(N(c3ccccc3)c3ccccc3)ccc21. The molecule has 192 valence electrons. The highest BCUT2D eigenvalue weighted by Gasteiger charge is 2.18. The predicted octanol–water partition coefficient (Wildman–Crippen LogP) is 9.97. The van der Waals surface area contributed by atoms with Crippen molar-refractivity contribution in [1.82, 2.24) is 4.73 Å². The van der Waals surface area contributed by atoms with E-state index in [4.69, 9.17) is 0 Å². The first-order chi connectivity index (χ1) is 19.8. The van der Waals surface area contributed by atoms with Crippen molar-refractivity contribution in [3.05, 3.63) is 158 Å². The standard InChI is InChI=1S/C36H27N3O/c40-39-35-23-21-31(37(27-13-5-1-6-14-27)28-15-7-2-8-16-28)25-33(35)34-26-32(22-24-36(34)39)38(29-17-9-3-10-18-29)30-19-11-4-12-20-30/h1-26,40H. The number of hydrogen-bond acceptors (Lipinski definition) is 3. The Morgan fingerprint density at radius 3 is 0.950 bits per heavy atom. The van der Waals surface area contributed by atoms with Crippen molar-refractivity contribution in [2.24, 2.45) is 0 Å². The zero-order valence-electron chi connectivity index (χ0n) is 21.8. The topological polar surface area (TPSA) is 31.6 Å². The van der Waals surface area contributed by atoms with Gasteiger partial charge in [-0.25, -0.2) is 0 Å². The molecule has 6 aromatic carbocycles. The summed E-state index contributed by atoms with van der Waals surface area (Å²) in [6.45, 7) is 0. The van der Waals surface area contributed by atoms with Gasteiger partial charge < -0.3 is 15.0 Å². The molecule has 7 rings (SSSR count). The number of nitrogens with zero attached hydrogens (tertiary/aromatic N) is 3. The van der Waals surface area contributed by atoms with E-state index in [2.05, 4.69) is 131 Å². The lowest BCUT2D eigenvalue weighted by Crippen LogP contribution is -2.09. The summed E-state index contributed by atoms with van der Waals surface area (Å²) in [6.07, 6.45) is 0. The lowest BCUT2D eigenvalue weighted by atomic mass is 10.1. The van der Waals surface area contributed by atoms with E-state index in [1.165, 1.54) is 4.73 Å². The molecule has 7 aromatic rings. The fraction of sp³-hybridized carbons (Fsp3) is 0. The molecule has 0 saturated carbocycles. The third-order valence-corrected chi connectivity index (χ3v) is 7.28. The number of rotatable bonds is 6. The Morgan fingerprint density at radius 2 is 0.650 bits per heavy atom. The van der Waals surface area contributed by atoms with Gasteiger partial charge in [0.2, 0.25) is 0 Å². The summed E-state index contributed by atoms with van der Waals surface area (Å²) in [5.74, 6) is 0. The fourth-order valence-electron chi connectivity index (χ4n) is 5.46. The number of para-hydroxylation sites is 4. The first-order valence-electron chi connectivity index (χ1n) is 13.4. The van der Waals surface area contributed by atoms with E-state index in [0.29, 0.717) is 0 Å². The molecule has 1 aromatic heterocycles. The van der Waals surface area contributed by atoms with Crippen molar-refractivity contribution < 1.29 is 5.21 Å². The molecule has 0 aliphatic heterocycles. The number of anilines is 6. The molecule has 0 unspecified atom stereocenters. The maximum Gasteiger partial charge on any atom is 0.0880 e. The Hall–Kier alpha value is -5.48. The Morgan fingerprint density at radius 1 is 0.350 bits per heavy atom. The Labute approximate surface area is 233 Å². The number of hydrogen-bond donors (Lipinski definition) is 1. The van der Waals surface area contributed by atoms with Crippen LogP contribution in [0.2, 0.25) is 0 Å². The molecular weight excluding hydrogens is 490 g/mol. The summed E-state index contributed by atoms with van der Waals surface area (Å²) in [4.78, 5) is 4.48. The van der Waals surface area contributed by atoms with Gasteiger partial charge in [-0.1, -0.05) is 72.8 Å². The van der Waals surface area contributed by atoms with E-state index in [1.54, 1.807) is 0 Å². The van der Waals surface area contributed by atoms with Gasteiger partial charge in [-0.15, -0.1) is 0 Å². The van der Waals surface area contributed by atoms with E-state index in [-0.39, 0.29) is 0 Å². The van der Waals surface area contributed by atoms with Crippen molar-refractivity contribution in [3.8, 4) is 0 Å². The van der Waals surface area contributed by atoms with E-state index < -0.39 is 0 Å². The van der Waals surface area contributed by atoms with Crippen LogP contribution in [0.5, 0.6) is 0 Å². The minimum absolute atomic E-state index is 0.767. The van der Waals surface area contributed by atoms with Crippen molar-refractivity contribution >= 4 is 55.9 Å². The monoisotopic (exact) mass is 517 g/mol. The summed E-state index contributed by atoms with van der Waals surface area (Å²) in [7, 11) is 0. The molecule has 1 N–H and O–H groups in total. The minimum atomic E-state index is 0.767. The molecule has 0 radical (unpaired) electrons. The first-order valence-corrected chi connectivity index (χ1v) is 13.4. The van der Waals surface area contributed by atoms with Gasteiger partial charge in [0.05, 0.1) is 11.0 Å². The number of benzene rings is 6. The second-order valence-corrected chi connectivity index (χ2v) is 9.73. The summed E-state index contributed by atoms with van der Waals surface area (Å²) in [5, 5.41) is 13.1. The van der Waals surface area contributed by atoms with Crippen LogP contribution < -0.4 is 9.80 Å². The number of fused-ring (bicyclic) bond motifs is 3. The van der Waals surface area contributed by atoms with Gasteiger partial charge in [0, 0.05) is 44.9 Å². The predicted molar refractivity (Wildman–Crippen MR) is 166 cm³/mol. The van der Waals surface area contributed by atoms with Crippen LogP contribution in [0.25, 0.3) is 21.8 Å². The molecule has 0 saturated heterocycles. The Balaban J connectivity index is 1.43. The molecule has 40 heavy (non-hydrogen) atoms. The van der Waals surface area contributed by atoms with Crippen molar-refractivity contribution in [2.45, 2.75) is 0 Å².